The molecule has 0 radical (unpaired) electrons. The summed E-state index contributed by atoms with van der Waals surface area (Å²) in [6, 6.07) is 0. The second kappa shape index (κ2) is 7.19. The summed E-state index contributed by atoms with van der Waals surface area (Å²) < 4.78 is 0. The molecule has 1 fully saturated rings. The van der Waals surface area contributed by atoms with Crippen LogP contribution < -0.4 is 5.32 Å². The van der Waals surface area contributed by atoms with Gasteiger partial charge in [0, 0.05) is 0 Å². The molecule has 0 aromatic carbocycles. The molecule has 0 aliphatic carbocycles. The molecule has 0 unspecified atom stereocenters. The zero-order valence-electron chi connectivity index (χ0n) is 9.86. The monoisotopic (exact) mass is 232 g/mol. The molecule has 0 spiro atoms. The van der Waals surface area contributed by atoms with Gasteiger partial charge < -0.3 is 25.5 Å². The average molecular weight is 232 g/mol. The molecule has 4 N–H and O–H groups in total. The molecule has 1 aliphatic heterocycles. The molecular weight excluding hydrogens is 208 g/mol. The minimum absolute atomic E-state index is 0.246. The SMILES string of the molecule is OCC(CO)(CO)NCCCN1CCCC1. The molecule has 0 bridgehead atoms. The van der Waals surface area contributed by atoms with Crippen LogP contribution in [-0.4, -0.2) is 71.8 Å². The van der Waals surface area contributed by atoms with Gasteiger partial charge in [0.25, 0.3) is 0 Å². The van der Waals surface area contributed by atoms with Gasteiger partial charge in [-0.2, -0.15) is 0 Å². The van der Waals surface area contributed by atoms with Crippen molar-refractivity contribution >= 4 is 0 Å². The number of likely N-dealkylation sites (tertiary alicyclic amines) is 1. The van der Waals surface area contributed by atoms with Gasteiger partial charge in [-0.15, -0.1) is 0 Å². The van der Waals surface area contributed by atoms with Crippen LogP contribution in [0.1, 0.15) is 19.3 Å². The second-order valence-electron chi connectivity index (χ2n) is 4.58. The van der Waals surface area contributed by atoms with Crippen LogP contribution >= 0.6 is 0 Å². The highest BCUT2D eigenvalue weighted by molar-refractivity contribution is 4.86. The molecule has 96 valence electrons. The third-order valence-corrected chi connectivity index (χ3v) is 3.26. The molecule has 5 nitrogen and oxygen atoms in total. The first-order valence-electron chi connectivity index (χ1n) is 6.06. The molecule has 1 aliphatic rings. The van der Waals surface area contributed by atoms with Crippen LogP contribution in [-0.2, 0) is 0 Å². The van der Waals surface area contributed by atoms with Gasteiger partial charge in [-0.1, -0.05) is 0 Å². The third-order valence-electron chi connectivity index (χ3n) is 3.26. The van der Waals surface area contributed by atoms with E-state index in [0.29, 0.717) is 6.54 Å². The highest BCUT2D eigenvalue weighted by Gasteiger charge is 2.26. The largest absolute Gasteiger partial charge is 0.394 e. The second-order valence-corrected chi connectivity index (χ2v) is 4.58. The maximum atomic E-state index is 9.09. The Balaban J connectivity index is 2.12. The first-order chi connectivity index (χ1) is 7.76. The van der Waals surface area contributed by atoms with Crippen LogP contribution in [0.2, 0.25) is 0 Å². The van der Waals surface area contributed by atoms with Crippen molar-refractivity contribution in [3.05, 3.63) is 0 Å². The lowest BCUT2D eigenvalue weighted by Gasteiger charge is -2.29. The maximum absolute atomic E-state index is 9.09. The molecule has 1 rings (SSSR count). The fraction of sp³-hybridized carbons (Fsp3) is 1.00. The van der Waals surface area contributed by atoms with Gasteiger partial charge in [0.1, 0.15) is 0 Å². The Morgan fingerprint density at radius 3 is 2.06 bits per heavy atom. The van der Waals surface area contributed by atoms with Crippen molar-refractivity contribution in [3.8, 4) is 0 Å². The molecule has 0 atom stereocenters. The lowest BCUT2D eigenvalue weighted by atomic mass is 10.0. The predicted octanol–water partition coefficient (Wildman–Crippen LogP) is -1.22. The Labute approximate surface area is 97.1 Å². The molecule has 16 heavy (non-hydrogen) atoms. The summed E-state index contributed by atoms with van der Waals surface area (Å²) in [4.78, 5) is 2.42. The number of hydrogen-bond acceptors (Lipinski definition) is 5. The summed E-state index contributed by atoms with van der Waals surface area (Å²) in [5.74, 6) is 0. The van der Waals surface area contributed by atoms with Gasteiger partial charge in [-0.25, -0.2) is 0 Å². The molecular formula is C11H24N2O3. The maximum Gasteiger partial charge on any atom is 0.0881 e. The lowest BCUT2D eigenvalue weighted by Crippen LogP contribution is -2.55. The van der Waals surface area contributed by atoms with E-state index in [1.165, 1.54) is 25.9 Å². The van der Waals surface area contributed by atoms with E-state index in [0.717, 1.165) is 13.0 Å². The van der Waals surface area contributed by atoms with E-state index in [4.69, 9.17) is 15.3 Å². The van der Waals surface area contributed by atoms with Crippen molar-refractivity contribution in [1.29, 1.82) is 0 Å². The van der Waals surface area contributed by atoms with Crippen molar-refractivity contribution in [2.24, 2.45) is 0 Å². The Kier molecular flexibility index (Phi) is 6.23. The Bertz CT molecular complexity index is 172. The fourth-order valence-corrected chi connectivity index (χ4v) is 1.98. The third kappa shape index (κ3) is 3.99. The first-order valence-corrected chi connectivity index (χ1v) is 6.06. The molecule has 1 heterocycles. The van der Waals surface area contributed by atoms with E-state index in [1.54, 1.807) is 0 Å². The summed E-state index contributed by atoms with van der Waals surface area (Å²) in [6.45, 7) is 3.39. The van der Waals surface area contributed by atoms with E-state index < -0.39 is 5.54 Å². The van der Waals surface area contributed by atoms with Crippen molar-refractivity contribution in [2.75, 3.05) is 46.0 Å². The molecule has 0 saturated carbocycles. The Hall–Kier alpha value is -0.200. The highest BCUT2D eigenvalue weighted by Crippen LogP contribution is 2.07. The van der Waals surface area contributed by atoms with Crippen LogP contribution in [0.25, 0.3) is 0 Å². The zero-order chi connectivity index (χ0) is 11.9. The summed E-state index contributed by atoms with van der Waals surface area (Å²) in [6.07, 6.45) is 3.56. The number of aliphatic hydroxyl groups is 3. The number of aliphatic hydroxyl groups excluding tert-OH is 3. The number of nitrogens with one attached hydrogen (secondary N) is 1. The summed E-state index contributed by atoms with van der Waals surface area (Å²) >= 11 is 0. The van der Waals surface area contributed by atoms with Gasteiger partial charge in [-0.3, -0.25) is 0 Å². The van der Waals surface area contributed by atoms with E-state index >= 15 is 0 Å². The van der Waals surface area contributed by atoms with Gasteiger partial charge in [0.15, 0.2) is 0 Å². The van der Waals surface area contributed by atoms with Gasteiger partial charge in [0.05, 0.1) is 25.4 Å². The number of hydrogen-bond donors (Lipinski definition) is 4. The Morgan fingerprint density at radius 2 is 1.56 bits per heavy atom. The summed E-state index contributed by atoms with van der Waals surface area (Å²) in [7, 11) is 0. The first kappa shape index (κ1) is 13.9. The molecule has 0 aromatic heterocycles. The fourth-order valence-electron chi connectivity index (χ4n) is 1.98. The van der Waals surface area contributed by atoms with Crippen LogP contribution in [0, 0.1) is 0 Å². The number of nitrogens with zero attached hydrogens (tertiary/aromatic N) is 1. The van der Waals surface area contributed by atoms with Crippen LogP contribution in [0.3, 0.4) is 0 Å². The Morgan fingerprint density at radius 1 is 1.00 bits per heavy atom. The summed E-state index contributed by atoms with van der Waals surface area (Å²) in [5.41, 5.74) is -0.926. The van der Waals surface area contributed by atoms with E-state index in [2.05, 4.69) is 10.2 Å². The van der Waals surface area contributed by atoms with Crippen molar-refractivity contribution in [3.63, 3.8) is 0 Å². The smallest absolute Gasteiger partial charge is 0.0881 e. The standard InChI is InChI=1S/C11H24N2O3/c14-8-11(9-15,10-16)12-4-3-7-13-5-1-2-6-13/h12,14-16H,1-10H2. The number of rotatable bonds is 8. The van der Waals surface area contributed by atoms with Crippen LogP contribution in [0.5, 0.6) is 0 Å². The minimum atomic E-state index is -0.926. The molecule has 5 heteroatoms. The topological polar surface area (TPSA) is 76.0 Å². The highest BCUT2D eigenvalue weighted by atomic mass is 16.3. The quantitative estimate of drug-likeness (QED) is 0.395. The van der Waals surface area contributed by atoms with Crippen molar-refractivity contribution in [1.82, 2.24) is 10.2 Å². The average Bonchev–Trinajstić information content (AvgIpc) is 2.83. The zero-order valence-corrected chi connectivity index (χ0v) is 9.86. The van der Waals surface area contributed by atoms with Gasteiger partial charge >= 0.3 is 0 Å². The normalized spacial score (nSPS) is 18.2. The van der Waals surface area contributed by atoms with Crippen LogP contribution in [0.4, 0.5) is 0 Å². The summed E-state index contributed by atoms with van der Waals surface area (Å²) in [5, 5.41) is 30.3. The van der Waals surface area contributed by atoms with Gasteiger partial charge in [0.2, 0.25) is 0 Å². The molecule has 1 saturated heterocycles. The van der Waals surface area contributed by atoms with E-state index in [-0.39, 0.29) is 19.8 Å². The van der Waals surface area contributed by atoms with E-state index in [1.807, 2.05) is 0 Å². The molecule has 0 aromatic rings. The lowest BCUT2D eigenvalue weighted by molar-refractivity contribution is 0.0422. The predicted molar refractivity (Wildman–Crippen MR) is 62.3 cm³/mol. The van der Waals surface area contributed by atoms with Crippen molar-refractivity contribution in [2.45, 2.75) is 24.8 Å². The van der Waals surface area contributed by atoms with E-state index in [9.17, 15) is 0 Å². The van der Waals surface area contributed by atoms with Crippen molar-refractivity contribution < 1.29 is 15.3 Å². The van der Waals surface area contributed by atoms with Gasteiger partial charge in [-0.05, 0) is 45.4 Å². The molecule has 0 amide bonds. The van der Waals surface area contributed by atoms with Crippen LogP contribution in [0.15, 0.2) is 0 Å². The minimum Gasteiger partial charge on any atom is -0.394 e.